The van der Waals surface area contributed by atoms with Gasteiger partial charge in [0, 0.05) is 31.7 Å². The van der Waals surface area contributed by atoms with Crippen LogP contribution in [0.1, 0.15) is 56.8 Å². The lowest BCUT2D eigenvalue weighted by Crippen LogP contribution is -2.41. The third-order valence-electron chi connectivity index (χ3n) is 6.33. The summed E-state index contributed by atoms with van der Waals surface area (Å²) in [7, 11) is 0. The monoisotopic (exact) mass is 360 g/mol. The molecule has 3 aliphatic rings. The van der Waals surface area contributed by atoms with Gasteiger partial charge in [-0.2, -0.15) is 0 Å². The number of amides is 2. The van der Waals surface area contributed by atoms with Crippen molar-refractivity contribution in [2.45, 2.75) is 58.8 Å². The van der Waals surface area contributed by atoms with Gasteiger partial charge < -0.3 is 15.2 Å². The molecule has 0 aromatic carbocycles. The Morgan fingerprint density at radius 1 is 1.31 bits per heavy atom. The van der Waals surface area contributed by atoms with E-state index in [2.05, 4.69) is 15.3 Å². The van der Waals surface area contributed by atoms with E-state index in [9.17, 15) is 9.59 Å². The highest BCUT2D eigenvalue weighted by Gasteiger charge is 2.36. The first-order valence-corrected chi connectivity index (χ1v) is 10.1. The zero-order valence-corrected chi connectivity index (χ0v) is 16.1. The number of likely N-dealkylation sites (N-methyl/N-ethyl adjacent to an activating group) is 1. The molecule has 3 saturated carbocycles. The van der Waals surface area contributed by atoms with Gasteiger partial charge in [-0.3, -0.25) is 9.59 Å². The Labute approximate surface area is 156 Å². The van der Waals surface area contributed by atoms with E-state index in [4.69, 9.17) is 0 Å². The van der Waals surface area contributed by atoms with Crippen LogP contribution in [0.3, 0.4) is 0 Å². The van der Waals surface area contributed by atoms with Crippen LogP contribution >= 0.6 is 0 Å². The van der Waals surface area contributed by atoms with Crippen molar-refractivity contribution in [2.75, 3.05) is 19.6 Å². The number of hydrogen-bond donors (Lipinski definition) is 2. The summed E-state index contributed by atoms with van der Waals surface area (Å²) in [6.07, 6.45) is 9.19. The normalized spacial score (nSPS) is 24.5. The minimum atomic E-state index is -0.0479. The highest BCUT2D eigenvalue weighted by atomic mass is 16.2. The van der Waals surface area contributed by atoms with Gasteiger partial charge in [0.1, 0.15) is 0 Å². The largest absolute Gasteiger partial charge is 0.354 e. The van der Waals surface area contributed by atoms with Crippen LogP contribution in [0.2, 0.25) is 0 Å². The average molecular weight is 361 g/mol. The van der Waals surface area contributed by atoms with E-state index in [0.717, 1.165) is 23.2 Å². The molecule has 6 heteroatoms. The number of aromatic amines is 1. The molecular weight excluding hydrogens is 328 g/mol. The molecule has 0 saturated heterocycles. The Kier molecular flexibility index (Phi) is 6.33. The fourth-order valence-corrected chi connectivity index (χ4v) is 4.69. The molecule has 1 unspecified atom stereocenters. The lowest BCUT2D eigenvalue weighted by Gasteiger charge is -2.42. The first kappa shape index (κ1) is 18.9. The first-order chi connectivity index (χ1) is 12.6. The Morgan fingerprint density at radius 3 is 2.65 bits per heavy atom. The smallest absolute Gasteiger partial charge is 0.226 e. The average Bonchev–Trinajstić information content (AvgIpc) is 3.04. The highest BCUT2D eigenvalue weighted by molar-refractivity contribution is 5.79. The quantitative estimate of drug-likeness (QED) is 0.747. The topological polar surface area (TPSA) is 78.1 Å². The summed E-state index contributed by atoms with van der Waals surface area (Å²) in [5.41, 5.74) is 1.70. The highest BCUT2D eigenvalue weighted by Crippen LogP contribution is 2.46. The predicted octanol–water partition coefficient (Wildman–Crippen LogP) is 2.44. The van der Waals surface area contributed by atoms with Crippen LogP contribution < -0.4 is 5.32 Å². The number of H-pyrrole nitrogens is 1. The van der Waals surface area contributed by atoms with Crippen LogP contribution in [0.5, 0.6) is 0 Å². The van der Waals surface area contributed by atoms with Crippen molar-refractivity contribution >= 4 is 11.8 Å². The molecule has 0 spiro atoms. The van der Waals surface area contributed by atoms with Gasteiger partial charge in [-0.15, -0.1) is 0 Å². The van der Waals surface area contributed by atoms with Crippen molar-refractivity contribution in [3.8, 4) is 0 Å². The molecule has 3 aliphatic carbocycles. The van der Waals surface area contributed by atoms with Crippen molar-refractivity contribution in [3.63, 3.8) is 0 Å². The van der Waals surface area contributed by atoms with E-state index >= 15 is 0 Å². The molecule has 144 valence electrons. The van der Waals surface area contributed by atoms with Crippen molar-refractivity contribution in [3.05, 3.63) is 17.7 Å². The van der Waals surface area contributed by atoms with Crippen molar-refractivity contribution in [1.82, 2.24) is 20.2 Å². The van der Waals surface area contributed by atoms with E-state index in [0.29, 0.717) is 32.0 Å². The fraction of sp³-hybridized carbons (Fsp3) is 0.750. The molecule has 2 bridgehead atoms. The van der Waals surface area contributed by atoms with Gasteiger partial charge in [0.25, 0.3) is 0 Å². The number of hydrogen-bond acceptors (Lipinski definition) is 3. The second kappa shape index (κ2) is 8.69. The van der Waals surface area contributed by atoms with E-state index < -0.39 is 0 Å². The molecule has 0 aliphatic heterocycles. The number of aromatic nitrogens is 2. The zero-order valence-electron chi connectivity index (χ0n) is 16.1. The molecular formula is C20H32N4O2. The summed E-state index contributed by atoms with van der Waals surface area (Å²) in [6, 6.07) is 0. The second-order valence-corrected chi connectivity index (χ2v) is 7.96. The maximum atomic E-state index is 12.7. The van der Waals surface area contributed by atoms with E-state index in [1.165, 1.54) is 32.1 Å². The predicted molar refractivity (Wildman–Crippen MR) is 100 cm³/mol. The molecule has 1 atom stereocenters. The Balaban J connectivity index is 1.40. The molecule has 2 N–H and O–H groups in total. The molecule has 1 heterocycles. The lowest BCUT2D eigenvalue weighted by atomic mass is 9.64. The third kappa shape index (κ3) is 4.65. The van der Waals surface area contributed by atoms with Gasteiger partial charge in [-0.1, -0.05) is 12.8 Å². The molecule has 2 amide bonds. The number of nitrogens with zero attached hydrogens (tertiary/aromatic N) is 2. The summed E-state index contributed by atoms with van der Waals surface area (Å²) in [6.45, 7) is 5.71. The molecule has 1 aromatic rings. The molecule has 4 rings (SSSR count). The summed E-state index contributed by atoms with van der Waals surface area (Å²) >= 11 is 0. The van der Waals surface area contributed by atoms with Gasteiger partial charge in [-0.05, 0) is 50.9 Å². The van der Waals surface area contributed by atoms with Crippen LogP contribution in [0, 0.1) is 24.7 Å². The number of carbonyl (C=O) groups excluding carboxylic acids is 2. The lowest BCUT2D eigenvalue weighted by molar-refractivity contribution is -0.133. The molecule has 0 radical (unpaired) electrons. The van der Waals surface area contributed by atoms with Crippen LogP contribution in [-0.2, 0) is 16.0 Å². The minimum Gasteiger partial charge on any atom is -0.354 e. The Hall–Kier alpha value is -1.85. The number of imidazole rings is 1. The van der Waals surface area contributed by atoms with Gasteiger partial charge in [0.05, 0.1) is 18.4 Å². The molecule has 6 nitrogen and oxygen atoms in total. The van der Waals surface area contributed by atoms with Crippen LogP contribution in [0.15, 0.2) is 6.33 Å². The van der Waals surface area contributed by atoms with E-state index in [-0.39, 0.29) is 18.2 Å². The van der Waals surface area contributed by atoms with Gasteiger partial charge >= 0.3 is 0 Å². The number of nitrogens with one attached hydrogen (secondary N) is 2. The summed E-state index contributed by atoms with van der Waals surface area (Å²) in [5, 5.41) is 2.91. The third-order valence-corrected chi connectivity index (χ3v) is 6.33. The maximum Gasteiger partial charge on any atom is 0.226 e. The van der Waals surface area contributed by atoms with Crippen molar-refractivity contribution in [2.24, 2.45) is 17.8 Å². The SMILES string of the molecule is CCN(CCNC(=O)Cc1nc[nH]c1C)C(=O)CC1CC2CCC1CC2. The summed E-state index contributed by atoms with van der Waals surface area (Å²) < 4.78 is 0. The first-order valence-electron chi connectivity index (χ1n) is 10.1. The van der Waals surface area contributed by atoms with E-state index in [1.807, 2.05) is 18.7 Å². The number of fused-ring (bicyclic) bond motifs is 3. The second-order valence-electron chi connectivity index (χ2n) is 7.96. The van der Waals surface area contributed by atoms with Crippen LogP contribution in [0.4, 0.5) is 0 Å². The minimum absolute atomic E-state index is 0.0479. The Morgan fingerprint density at radius 2 is 2.08 bits per heavy atom. The Bertz CT molecular complexity index is 619. The number of carbonyl (C=O) groups is 2. The number of aryl methyl sites for hydroxylation is 1. The molecule has 1 aromatic heterocycles. The summed E-state index contributed by atoms with van der Waals surface area (Å²) in [5.74, 6) is 2.41. The maximum absolute atomic E-state index is 12.7. The zero-order chi connectivity index (χ0) is 18.5. The standard InChI is InChI=1S/C20H32N4O2/c1-3-24(9-8-21-19(25)12-18-14(2)22-13-23-18)20(26)11-17-10-15-4-6-16(17)7-5-15/h13,15-17H,3-12H2,1-2H3,(H,21,25)(H,22,23). The summed E-state index contributed by atoms with van der Waals surface area (Å²) in [4.78, 5) is 33.7. The number of rotatable bonds is 8. The molecule has 3 fully saturated rings. The van der Waals surface area contributed by atoms with Crippen LogP contribution in [-0.4, -0.2) is 46.3 Å². The fourth-order valence-electron chi connectivity index (χ4n) is 4.69. The van der Waals surface area contributed by atoms with Gasteiger partial charge in [0.15, 0.2) is 0 Å². The molecule has 26 heavy (non-hydrogen) atoms. The van der Waals surface area contributed by atoms with Gasteiger partial charge in [0.2, 0.25) is 11.8 Å². The van der Waals surface area contributed by atoms with Crippen LogP contribution in [0.25, 0.3) is 0 Å². The van der Waals surface area contributed by atoms with Crippen molar-refractivity contribution in [1.29, 1.82) is 0 Å². The van der Waals surface area contributed by atoms with Crippen molar-refractivity contribution < 1.29 is 9.59 Å². The van der Waals surface area contributed by atoms with E-state index in [1.54, 1.807) is 6.33 Å². The van der Waals surface area contributed by atoms with Gasteiger partial charge in [-0.25, -0.2) is 4.98 Å².